The summed E-state index contributed by atoms with van der Waals surface area (Å²) in [5, 5.41) is 3.71. The molecule has 0 spiro atoms. The van der Waals surface area contributed by atoms with Gasteiger partial charge in [0.1, 0.15) is 11.3 Å². The van der Waals surface area contributed by atoms with Gasteiger partial charge in [-0.15, -0.1) is 0 Å². The molecule has 0 amide bonds. The molecule has 12 rings (SSSR count). The van der Waals surface area contributed by atoms with Crippen LogP contribution in [-0.2, 0) is 6.42 Å². The van der Waals surface area contributed by atoms with Crippen LogP contribution in [0.4, 0.5) is 11.4 Å². The second-order valence-electron chi connectivity index (χ2n) is 16.0. The van der Waals surface area contributed by atoms with Crippen molar-refractivity contribution in [2.24, 2.45) is 0 Å². The molecule has 59 heavy (non-hydrogen) atoms. The first-order valence-electron chi connectivity index (χ1n) is 20.7. The third-order valence-electron chi connectivity index (χ3n) is 12.5. The Bertz CT molecular complexity index is 3230. The molecule has 3 nitrogen and oxygen atoms in total. The summed E-state index contributed by atoms with van der Waals surface area (Å²) in [6, 6.07) is 59.9. The Balaban J connectivity index is 1.05. The van der Waals surface area contributed by atoms with Crippen LogP contribution >= 0.6 is 0 Å². The smallest absolute Gasteiger partial charge is 0.135 e. The van der Waals surface area contributed by atoms with Crippen LogP contribution in [0.25, 0.3) is 73.4 Å². The Kier molecular flexibility index (Phi) is 7.80. The highest BCUT2D eigenvalue weighted by Gasteiger charge is 2.28. The molecule has 0 saturated heterocycles. The highest BCUT2D eigenvalue weighted by Crippen LogP contribution is 2.47. The molecule has 2 aromatic heterocycles. The van der Waals surface area contributed by atoms with E-state index in [2.05, 4.69) is 210 Å². The summed E-state index contributed by atoms with van der Waals surface area (Å²) in [6.07, 6.45) is 16.8. The van der Waals surface area contributed by atoms with Gasteiger partial charge in [-0.05, 0) is 119 Å². The fraction of sp³-hybridized carbons (Fsp3) is 0.0714. The van der Waals surface area contributed by atoms with Crippen molar-refractivity contribution in [2.75, 3.05) is 4.90 Å². The summed E-state index contributed by atoms with van der Waals surface area (Å²) >= 11 is 0. The van der Waals surface area contributed by atoms with Crippen LogP contribution in [0.3, 0.4) is 0 Å². The molecular weight excluding hydrogens is 717 g/mol. The van der Waals surface area contributed by atoms with Crippen molar-refractivity contribution < 1.29 is 4.42 Å². The van der Waals surface area contributed by atoms with E-state index < -0.39 is 0 Å². The molecule has 1 aliphatic heterocycles. The molecule has 0 saturated carbocycles. The van der Waals surface area contributed by atoms with Gasteiger partial charge in [-0.3, -0.25) is 0 Å². The van der Waals surface area contributed by atoms with Crippen molar-refractivity contribution >= 4 is 68.0 Å². The zero-order chi connectivity index (χ0) is 38.9. The Morgan fingerprint density at radius 1 is 0.542 bits per heavy atom. The Hall–Kier alpha value is -7.36. The van der Waals surface area contributed by atoms with Gasteiger partial charge in [0, 0.05) is 44.6 Å². The molecule has 0 radical (unpaired) electrons. The fourth-order valence-corrected chi connectivity index (χ4v) is 9.72. The average molecular weight is 757 g/mol. The summed E-state index contributed by atoms with van der Waals surface area (Å²) in [5.41, 5.74) is 17.9. The lowest BCUT2D eigenvalue weighted by Crippen LogP contribution is -2.20. The number of nitrogens with zero attached hydrogens (tertiary/aromatic N) is 2. The predicted molar refractivity (Wildman–Crippen MR) is 247 cm³/mol. The summed E-state index contributed by atoms with van der Waals surface area (Å²) in [5.74, 6) is 1.21. The third-order valence-corrected chi connectivity index (χ3v) is 12.5. The lowest BCUT2D eigenvalue weighted by atomic mass is 9.84. The highest BCUT2D eigenvalue weighted by molar-refractivity contribution is 6.10. The summed E-state index contributed by atoms with van der Waals surface area (Å²) in [4.78, 5) is 2.51. The largest absolute Gasteiger partial charge is 0.456 e. The van der Waals surface area contributed by atoms with E-state index >= 15 is 0 Å². The summed E-state index contributed by atoms with van der Waals surface area (Å²) in [6.45, 7) is 0. The summed E-state index contributed by atoms with van der Waals surface area (Å²) in [7, 11) is 0. The Morgan fingerprint density at radius 3 is 2.10 bits per heavy atom. The molecule has 280 valence electrons. The molecule has 0 N–H and O–H groups in total. The highest BCUT2D eigenvalue weighted by atomic mass is 16.3. The molecule has 0 bridgehead atoms. The summed E-state index contributed by atoms with van der Waals surface area (Å²) < 4.78 is 8.89. The molecule has 3 aliphatic rings. The number of hydrogen-bond acceptors (Lipinski definition) is 2. The normalized spacial score (nSPS) is 15.8. The van der Waals surface area contributed by atoms with Crippen LogP contribution in [0.2, 0.25) is 0 Å². The number of benzene rings is 7. The maximum atomic E-state index is 6.51. The number of anilines is 2. The number of aromatic nitrogens is 1. The number of hydrogen-bond donors (Lipinski definition) is 0. The molecule has 7 aromatic carbocycles. The minimum Gasteiger partial charge on any atom is -0.456 e. The molecule has 1 unspecified atom stereocenters. The van der Waals surface area contributed by atoms with Crippen molar-refractivity contribution in [1.82, 2.24) is 4.57 Å². The van der Waals surface area contributed by atoms with E-state index in [9.17, 15) is 0 Å². The zero-order valence-electron chi connectivity index (χ0n) is 32.6. The van der Waals surface area contributed by atoms with E-state index in [0.29, 0.717) is 0 Å². The van der Waals surface area contributed by atoms with E-state index in [4.69, 9.17) is 4.42 Å². The standard InChI is InChI=1S/C56H40N2O/c1-4-14-37(15-5-1)43-31-44(38-16-6-2-7-17-38)33-46(32-43)58-51-28-26-39(30-41(51)24-25-42-35-56-50(36-54(42)58)48-21-11-13-23-55(48)59-56)40-27-29-53-49(34-40)47-20-10-12-22-52(47)57(53)45-18-8-3-9-19-45/h1-10,12-20,22-30,32-36,43H,11,21,31H2. The first kappa shape index (κ1) is 33.7. The molecule has 3 heterocycles. The van der Waals surface area contributed by atoms with E-state index in [1.165, 1.54) is 77.5 Å². The van der Waals surface area contributed by atoms with Crippen molar-refractivity contribution in [1.29, 1.82) is 0 Å². The van der Waals surface area contributed by atoms with Crippen molar-refractivity contribution in [3.8, 4) is 16.8 Å². The Labute approximate surface area is 343 Å². The number of para-hydroxylation sites is 2. The third kappa shape index (κ3) is 5.65. The number of aryl methyl sites for hydroxylation is 1. The van der Waals surface area contributed by atoms with Gasteiger partial charge in [-0.25, -0.2) is 0 Å². The van der Waals surface area contributed by atoms with Crippen molar-refractivity contribution in [3.63, 3.8) is 0 Å². The predicted octanol–water partition coefficient (Wildman–Crippen LogP) is 14.9. The number of fused-ring (bicyclic) bond motifs is 8. The van der Waals surface area contributed by atoms with Gasteiger partial charge in [-0.2, -0.15) is 0 Å². The van der Waals surface area contributed by atoms with E-state index in [-0.39, 0.29) is 5.92 Å². The SMILES string of the molecule is C1=Cc2oc3cc4c(cc3c2CC1)N(C1=CC(c2ccccc2)CC(c2ccccc2)=C1)c1ccc(-c2ccc3c(c2)c2ccccc2n3-c2ccccc2)cc1C=C4. The first-order valence-corrected chi connectivity index (χ1v) is 20.7. The molecular formula is C56H40N2O. The quantitative estimate of drug-likeness (QED) is 0.174. The van der Waals surface area contributed by atoms with Crippen molar-refractivity contribution in [3.05, 3.63) is 221 Å². The maximum Gasteiger partial charge on any atom is 0.135 e. The number of rotatable bonds is 5. The van der Waals surface area contributed by atoms with Crippen LogP contribution in [0.1, 0.15) is 52.3 Å². The second kappa shape index (κ2) is 13.6. The van der Waals surface area contributed by atoms with Gasteiger partial charge in [0.2, 0.25) is 0 Å². The lowest BCUT2D eigenvalue weighted by Gasteiger charge is -2.33. The van der Waals surface area contributed by atoms with Crippen LogP contribution in [0, 0.1) is 0 Å². The fourth-order valence-electron chi connectivity index (χ4n) is 9.72. The van der Waals surface area contributed by atoms with Crippen LogP contribution < -0.4 is 4.90 Å². The van der Waals surface area contributed by atoms with Gasteiger partial charge in [0.25, 0.3) is 0 Å². The minimum absolute atomic E-state index is 0.217. The van der Waals surface area contributed by atoms with E-state index in [0.717, 1.165) is 47.5 Å². The van der Waals surface area contributed by atoms with Crippen LogP contribution in [-0.4, -0.2) is 4.57 Å². The molecule has 2 aliphatic carbocycles. The molecule has 1 atom stereocenters. The Morgan fingerprint density at radius 2 is 1.25 bits per heavy atom. The molecule has 3 heteroatoms. The van der Waals surface area contributed by atoms with Gasteiger partial charge < -0.3 is 13.9 Å². The molecule has 0 fully saturated rings. The molecule has 9 aromatic rings. The zero-order valence-corrected chi connectivity index (χ0v) is 32.6. The van der Waals surface area contributed by atoms with Gasteiger partial charge in [0.05, 0.1) is 22.4 Å². The lowest BCUT2D eigenvalue weighted by molar-refractivity contribution is 0.595. The second-order valence-corrected chi connectivity index (χ2v) is 16.0. The average Bonchev–Trinajstić information content (AvgIpc) is 3.78. The first-order chi connectivity index (χ1) is 29.2. The number of furan rings is 1. The van der Waals surface area contributed by atoms with E-state index in [1.54, 1.807) is 0 Å². The monoisotopic (exact) mass is 756 g/mol. The van der Waals surface area contributed by atoms with Gasteiger partial charge in [0.15, 0.2) is 0 Å². The van der Waals surface area contributed by atoms with Crippen LogP contribution in [0.15, 0.2) is 192 Å². The number of allylic oxidation sites excluding steroid dienone is 4. The maximum absolute atomic E-state index is 6.51. The topological polar surface area (TPSA) is 21.3 Å². The minimum atomic E-state index is 0.217. The van der Waals surface area contributed by atoms with Gasteiger partial charge in [-0.1, -0.05) is 133 Å². The van der Waals surface area contributed by atoms with Crippen LogP contribution in [0.5, 0.6) is 0 Å². The van der Waals surface area contributed by atoms with Crippen molar-refractivity contribution in [2.45, 2.75) is 25.2 Å². The van der Waals surface area contributed by atoms with E-state index in [1.807, 2.05) is 0 Å². The van der Waals surface area contributed by atoms with Gasteiger partial charge >= 0.3 is 0 Å².